The van der Waals surface area contributed by atoms with Crippen molar-refractivity contribution in [3.05, 3.63) is 60.2 Å². The lowest BCUT2D eigenvalue weighted by Crippen LogP contribution is -2.44. The van der Waals surface area contributed by atoms with Gasteiger partial charge in [-0.05, 0) is 76.1 Å². The molecule has 156 valence electrons. The number of rotatable bonds is 5. The van der Waals surface area contributed by atoms with Crippen LogP contribution in [0, 0.1) is 0 Å². The van der Waals surface area contributed by atoms with Crippen LogP contribution in [0.5, 0.6) is 0 Å². The molecule has 1 amide bonds. The molecule has 0 radical (unpaired) electrons. The van der Waals surface area contributed by atoms with E-state index in [1.165, 1.54) is 16.7 Å². The molecular weight excluding hydrogens is 360 g/mol. The minimum atomic E-state index is -0.452. The molecule has 29 heavy (non-hydrogen) atoms. The lowest BCUT2D eigenvalue weighted by atomic mass is 9.90. The summed E-state index contributed by atoms with van der Waals surface area (Å²) in [5, 5.41) is 6.80. The highest BCUT2D eigenvalue weighted by Gasteiger charge is 2.25. The zero-order chi connectivity index (χ0) is 20.9. The van der Waals surface area contributed by atoms with Crippen molar-refractivity contribution in [1.29, 1.82) is 0 Å². The summed E-state index contributed by atoms with van der Waals surface area (Å²) in [6, 6.07) is 20.2. The first kappa shape index (κ1) is 21.4. The Labute approximate surface area is 175 Å². The van der Waals surface area contributed by atoms with E-state index in [2.05, 4.69) is 66.1 Å². The van der Waals surface area contributed by atoms with E-state index >= 15 is 0 Å². The van der Waals surface area contributed by atoms with E-state index < -0.39 is 5.60 Å². The minimum Gasteiger partial charge on any atom is -0.444 e. The van der Waals surface area contributed by atoms with Crippen molar-refractivity contribution in [3.8, 4) is 11.1 Å². The van der Waals surface area contributed by atoms with Gasteiger partial charge in [-0.1, -0.05) is 48.5 Å². The van der Waals surface area contributed by atoms with Crippen molar-refractivity contribution in [1.82, 2.24) is 10.6 Å². The van der Waals surface area contributed by atoms with Crippen LogP contribution in [0.25, 0.3) is 11.1 Å². The SMILES string of the molecule is CC(NC1CCC(NC(=O)OC(C)(C)C)CC1)c1cccc(-c2ccccc2)c1. The quantitative estimate of drug-likeness (QED) is 0.670. The predicted octanol–water partition coefficient (Wildman–Crippen LogP) is 5.84. The van der Waals surface area contributed by atoms with Gasteiger partial charge in [0, 0.05) is 18.1 Å². The van der Waals surface area contributed by atoms with Gasteiger partial charge in [-0.3, -0.25) is 0 Å². The Hall–Kier alpha value is -2.33. The molecule has 0 bridgehead atoms. The van der Waals surface area contributed by atoms with E-state index in [-0.39, 0.29) is 12.1 Å². The summed E-state index contributed by atoms with van der Waals surface area (Å²) in [7, 11) is 0. The summed E-state index contributed by atoms with van der Waals surface area (Å²) in [6.07, 6.45) is 3.77. The number of alkyl carbamates (subject to hydrolysis) is 1. The molecule has 1 aliphatic rings. The fourth-order valence-electron chi connectivity index (χ4n) is 3.95. The zero-order valence-corrected chi connectivity index (χ0v) is 18.1. The molecule has 1 unspecified atom stereocenters. The van der Waals surface area contributed by atoms with Gasteiger partial charge in [-0.25, -0.2) is 4.79 Å². The Balaban J connectivity index is 1.50. The fraction of sp³-hybridized carbons (Fsp3) is 0.480. The summed E-state index contributed by atoms with van der Waals surface area (Å²) >= 11 is 0. The van der Waals surface area contributed by atoms with Crippen LogP contribution in [0.15, 0.2) is 54.6 Å². The van der Waals surface area contributed by atoms with Crippen molar-refractivity contribution in [2.45, 2.75) is 77.1 Å². The Morgan fingerprint density at radius 2 is 1.55 bits per heavy atom. The first-order valence-corrected chi connectivity index (χ1v) is 10.7. The average Bonchev–Trinajstić information content (AvgIpc) is 2.69. The average molecular weight is 395 g/mol. The second-order valence-electron chi connectivity index (χ2n) is 9.07. The number of hydrogen-bond donors (Lipinski definition) is 2. The number of carbonyl (C=O) groups excluding carboxylic acids is 1. The zero-order valence-electron chi connectivity index (χ0n) is 18.1. The van der Waals surface area contributed by atoms with E-state index in [0.717, 1.165) is 25.7 Å². The highest BCUT2D eigenvalue weighted by Crippen LogP contribution is 2.26. The van der Waals surface area contributed by atoms with Gasteiger partial charge in [0.25, 0.3) is 0 Å². The van der Waals surface area contributed by atoms with Gasteiger partial charge < -0.3 is 15.4 Å². The maximum absolute atomic E-state index is 12.0. The Kier molecular flexibility index (Phi) is 6.96. The number of benzene rings is 2. The van der Waals surface area contributed by atoms with Gasteiger partial charge in [0.2, 0.25) is 0 Å². The van der Waals surface area contributed by atoms with Crippen molar-refractivity contribution < 1.29 is 9.53 Å². The highest BCUT2D eigenvalue weighted by molar-refractivity contribution is 5.68. The molecule has 2 aromatic carbocycles. The van der Waals surface area contributed by atoms with Gasteiger partial charge in [0.05, 0.1) is 0 Å². The molecule has 4 nitrogen and oxygen atoms in total. The number of hydrogen-bond acceptors (Lipinski definition) is 3. The summed E-state index contributed by atoms with van der Waals surface area (Å²) in [5.41, 5.74) is 3.35. The summed E-state index contributed by atoms with van der Waals surface area (Å²) < 4.78 is 5.37. The van der Waals surface area contributed by atoms with E-state index in [0.29, 0.717) is 12.1 Å². The fourth-order valence-corrected chi connectivity index (χ4v) is 3.95. The maximum atomic E-state index is 12.0. The molecule has 1 aliphatic carbocycles. The van der Waals surface area contributed by atoms with Crippen molar-refractivity contribution in [3.63, 3.8) is 0 Å². The third kappa shape index (κ3) is 6.60. The number of carbonyl (C=O) groups is 1. The second kappa shape index (κ2) is 9.45. The lowest BCUT2D eigenvalue weighted by molar-refractivity contribution is 0.0489. The molecule has 0 saturated heterocycles. The normalized spacial score (nSPS) is 20.7. The lowest BCUT2D eigenvalue weighted by Gasteiger charge is -2.32. The summed E-state index contributed by atoms with van der Waals surface area (Å²) in [4.78, 5) is 12.0. The van der Waals surface area contributed by atoms with Gasteiger partial charge in [0.15, 0.2) is 0 Å². The molecule has 3 rings (SSSR count). The Bertz CT molecular complexity index is 790. The van der Waals surface area contributed by atoms with Crippen molar-refractivity contribution in [2.75, 3.05) is 0 Å². The van der Waals surface area contributed by atoms with Crippen LogP contribution in [0.2, 0.25) is 0 Å². The molecule has 0 aromatic heterocycles. The van der Waals surface area contributed by atoms with Crippen molar-refractivity contribution in [2.24, 2.45) is 0 Å². The molecule has 1 atom stereocenters. The second-order valence-corrected chi connectivity index (χ2v) is 9.07. The highest BCUT2D eigenvalue weighted by atomic mass is 16.6. The van der Waals surface area contributed by atoms with E-state index in [1.807, 2.05) is 26.8 Å². The van der Waals surface area contributed by atoms with Crippen LogP contribution >= 0.6 is 0 Å². The molecule has 1 fully saturated rings. The largest absolute Gasteiger partial charge is 0.444 e. The topological polar surface area (TPSA) is 50.4 Å². The molecule has 2 N–H and O–H groups in total. The molecule has 0 aliphatic heterocycles. The van der Waals surface area contributed by atoms with E-state index in [1.54, 1.807) is 0 Å². The van der Waals surface area contributed by atoms with Crippen LogP contribution in [0.3, 0.4) is 0 Å². The molecular formula is C25H34N2O2. The summed E-state index contributed by atoms with van der Waals surface area (Å²) in [6.45, 7) is 7.90. The first-order valence-electron chi connectivity index (χ1n) is 10.7. The summed E-state index contributed by atoms with van der Waals surface area (Å²) in [5.74, 6) is 0. The van der Waals surface area contributed by atoms with Crippen LogP contribution < -0.4 is 10.6 Å². The first-order chi connectivity index (χ1) is 13.8. The standard InChI is InChI=1S/C25H34N2O2/c1-18(20-11-8-12-21(17-20)19-9-6-5-7-10-19)26-22-13-15-23(16-14-22)27-24(28)29-25(2,3)4/h5-12,17-18,22-23,26H,13-16H2,1-4H3,(H,27,28). The molecule has 0 heterocycles. The van der Waals surface area contributed by atoms with E-state index in [4.69, 9.17) is 4.74 Å². The van der Waals surface area contributed by atoms with Crippen LogP contribution in [-0.2, 0) is 4.74 Å². The monoisotopic (exact) mass is 394 g/mol. The molecule has 0 spiro atoms. The van der Waals surface area contributed by atoms with Gasteiger partial charge in [0.1, 0.15) is 5.60 Å². The molecule has 2 aromatic rings. The van der Waals surface area contributed by atoms with Gasteiger partial charge in [-0.15, -0.1) is 0 Å². The van der Waals surface area contributed by atoms with Crippen LogP contribution in [0.1, 0.15) is 65.0 Å². The maximum Gasteiger partial charge on any atom is 0.407 e. The molecule has 1 saturated carbocycles. The number of nitrogens with one attached hydrogen (secondary N) is 2. The number of amides is 1. The van der Waals surface area contributed by atoms with Crippen LogP contribution in [0.4, 0.5) is 4.79 Å². The van der Waals surface area contributed by atoms with E-state index in [9.17, 15) is 4.79 Å². The van der Waals surface area contributed by atoms with Gasteiger partial charge in [-0.2, -0.15) is 0 Å². The van der Waals surface area contributed by atoms with Gasteiger partial charge >= 0.3 is 6.09 Å². The predicted molar refractivity (Wildman–Crippen MR) is 119 cm³/mol. The third-order valence-corrected chi connectivity index (χ3v) is 5.43. The minimum absolute atomic E-state index is 0.208. The third-order valence-electron chi connectivity index (χ3n) is 5.43. The number of ether oxygens (including phenoxy) is 1. The Morgan fingerprint density at radius 3 is 2.21 bits per heavy atom. The molecule has 4 heteroatoms. The smallest absolute Gasteiger partial charge is 0.407 e. The Morgan fingerprint density at radius 1 is 0.931 bits per heavy atom. The van der Waals surface area contributed by atoms with Crippen molar-refractivity contribution >= 4 is 6.09 Å². The van der Waals surface area contributed by atoms with Crippen LogP contribution in [-0.4, -0.2) is 23.8 Å².